The Kier molecular flexibility index (Phi) is 17.6. The van der Waals surface area contributed by atoms with E-state index in [1.165, 1.54) is 29.6 Å². The van der Waals surface area contributed by atoms with Gasteiger partial charge in [-0.25, -0.2) is 42.8 Å². The number of hydrogen-bond acceptors (Lipinski definition) is 32. The average molecular weight is 1270 g/mol. The summed E-state index contributed by atoms with van der Waals surface area (Å²) in [5, 5.41) is 33.1. The highest BCUT2D eigenvalue weighted by Crippen LogP contribution is 2.71. The number of H-pyrrole nitrogens is 2. The third kappa shape index (κ3) is 13.0. The molecule has 82 heavy (non-hydrogen) atoms. The summed E-state index contributed by atoms with van der Waals surface area (Å²) in [6.07, 6.45) is -13.7. The number of aryl methyl sites for hydroxylation is 1. The molecule has 0 spiro atoms. The standard InChI is InChI=1S/C35H50N15O27P5/c1-47-12-50(28-19(47)30(55)46-35(38)44-28)31-20(51)13(4-5-66-2)14(71-31)6-69-79(58,59)75-81(62,63)77-82(64,65)76-80(60,61)70-8-16-23(24(67-3)33(73-16)48-10-41-17-25(36)39-9-40-26(17)48)74-78(56,57)68-7-15-21(52)22(53)32(72-15)49-11-42-18-27(49)43-34(37)45-29(18)54/h9-16,20-24,31-33,51-53H,4-8H2,1-3H3,(H12-,36,37,38,39,40,43,44,45,46,54,55,56,57,58,59,60,61,62,63,64,65)/t13-,14-,15-,16-,20-,21-,22-,23-,24-,31-,32-,33-/m1/s1. The Morgan fingerprint density at radius 1 is 0.659 bits per heavy atom. The van der Waals surface area contributed by atoms with E-state index in [0.717, 1.165) is 35.2 Å². The van der Waals surface area contributed by atoms with Gasteiger partial charge in [0.05, 0.1) is 45.6 Å². The Morgan fingerprint density at radius 2 is 1.21 bits per heavy atom. The second-order valence-electron chi connectivity index (χ2n) is 18.0. The lowest BCUT2D eigenvalue weighted by Crippen LogP contribution is -2.39. The van der Waals surface area contributed by atoms with Gasteiger partial charge in [0.15, 0.2) is 35.1 Å². The quantitative estimate of drug-likeness (QED) is 0.0203. The number of nitrogens with zero attached hydrogens (tertiary/aromatic N) is 10. The van der Waals surface area contributed by atoms with Crippen LogP contribution in [0.2, 0.25) is 0 Å². The van der Waals surface area contributed by atoms with Crippen molar-refractivity contribution in [1.29, 1.82) is 0 Å². The van der Waals surface area contributed by atoms with Gasteiger partial charge in [-0.15, -0.1) is 0 Å². The zero-order valence-electron chi connectivity index (χ0n) is 42.0. The smallest absolute Gasteiger partial charge is 0.490 e. The molecule has 0 amide bonds. The van der Waals surface area contributed by atoms with Gasteiger partial charge in [0.2, 0.25) is 24.5 Å². The zero-order valence-corrected chi connectivity index (χ0v) is 46.5. The van der Waals surface area contributed by atoms with Crippen LogP contribution >= 0.6 is 39.1 Å². The van der Waals surface area contributed by atoms with Gasteiger partial charge in [0, 0.05) is 26.7 Å². The average Bonchev–Trinajstić information content (AvgIpc) is 4.44. The maximum atomic E-state index is 13.6. The molecule has 9 rings (SSSR count). The number of nitrogen functional groups attached to an aromatic ring is 3. The summed E-state index contributed by atoms with van der Waals surface area (Å²) in [5.41, 5.74) is 15.4. The second-order valence-corrected chi connectivity index (χ2v) is 25.5. The first-order chi connectivity index (χ1) is 38.4. The highest BCUT2D eigenvalue weighted by Gasteiger charge is 2.53. The van der Waals surface area contributed by atoms with Gasteiger partial charge in [-0.3, -0.25) is 42.3 Å². The molecule has 3 fully saturated rings. The van der Waals surface area contributed by atoms with Crippen LogP contribution in [0.15, 0.2) is 34.9 Å². The Bertz CT molecular complexity index is 3730. The number of fused-ring (bicyclic) bond motifs is 3. The zero-order chi connectivity index (χ0) is 59.6. The lowest BCUT2D eigenvalue weighted by atomic mass is 9.95. The fraction of sp³-hybridized carbons (Fsp3) is 0.571. The van der Waals surface area contributed by atoms with Crippen molar-refractivity contribution in [2.45, 2.75) is 73.9 Å². The van der Waals surface area contributed by atoms with E-state index >= 15 is 0 Å². The molecule has 5 unspecified atom stereocenters. The van der Waals surface area contributed by atoms with Crippen LogP contribution in [0.4, 0.5) is 17.7 Å². The molecule has 452 valence electrons. The SMILES string of the molecule is COCC[C@H]1[C@@H](O)[C@H](n2c[n+](C)c3c(=O)[nH]c(N)nc32)O[C@@H]1COP(=O)(O)OP(=O)(O)OP(=O)(O)OP(=O)(O)OC[C@H]1O[C@@H](n2cnc3c(N)ncnc32)[C@H](OC)[C@@H]1OP(=O)([O-])OC[C@H]1O[C@@H](n2cnc3c(=O)[nH]c(N)nc32)[C@H](O)[C@@H]1O. The molecule has 42 nitrogen and oxygen atoms in total. The number of rotatable bonds is 24. The number of aromatic nitrogens is 12. The molecule has 0 saturated carbocycles. The van der Waals surface area contributed by atoms with Crippen molar-refractivity contribution in [3.8, 4) is 0 Å². The van der Waals surface area contributed by atoms with Crippen LogP contribution in [0.3, 0.4) is 0 Å². The van der Waals surface area contributed by atoms with Gasteiger partial charge in [-0.2, -0.15) is 27.5 Å². The van der Waals surface area contributed by atoms with E-state index in [0.29, 0.717) is 0 Å². The van der Waals surface area contributed by atoms with E-state index < -0.39 is 143 Å². The molecule has 6 aromatic heterocycles. The number of nitrogens with two attached hydrogens (primary N) is 3. The number of anilines is 3. The highest BCUT2D eigenvalue weighted by molar-refractivity contribution is 7.69. The summed E-state index contributed by atoms with van der Waals surface area (Å²) in [7, 11) is -26.7. The summed E-state index contributed by atoms with van der Waals surface area (Å²) in [6.45, 7) is -3.46. The Morgan fingerprint density at radius 3 is 1.85 bits per heavy atom. The van der Waals surface area contributed by atoms with E-state index in [1.54, 1.807) is 0 Å². The minimum absolute atomic E-state index is 0.00644. The van der Waals surface area contributed by atoms with Crippen LogP contribution in [-0.4, -0.2) is 178 Å². The predicted molar refractivity (Wildman–Crippen MR) is 262 cm³/mol. The summed E-state index contributed by atoms with van der Waals surface area (Å²) in [5.74, 6) is -1.73. The number of ether oxygens (including phenoxy) is 5. The van der Waals surface area contributed by atoms with Crippen molar-refractivity contribution in [2.75, 3.05) is 57.8 Å². The van der Waals surface area contributed by atoms with Crippen LogP contribution in [0.25, 0.3) is 33.5 Å². The van der Waals surface area contributed by atoms with Gasteiger partial charge in [0.25, 0.3) is 24.5 Å². The largest absolute Gasteiger partial charge is 0.756 e. The molecule has 3 aliphatic heterocycles. The van der Waals surface area contributed by atoms with E-state index in [9.17, 15) is 72.2 Å². The fourth-order valence-corrected chi connectivity index (χ4v) is 15.0. The number of aliphatic hydroxyl groups excluding tert-OH is 3. The first-order valence-electron chi connectivity index (χ1n) is 23.2. The molecule has 17 atom stereocenters. The van der Waals surface area contributed by atoms with Crippen molar-refractivity contribution in [1.82, 2.24) is 53.6 Å². The molecule has 6 aromatic rings. The number of phosphoric acid groups is 5. The first kappa shape index (κ1) is 61.6. The Hall–Kier alpha value is -5.00. The van der Waals surface area contributed by atoms with Crippen LogP contribution < -0.4 is 37.8 Å². The molecular formula is C35H50N15O27P5. The molecule has 0 radical (unpaired) electrons. The number of aromatic amines is 2. The van der Waals surface area contributed by atoms with Crippen molar-refractivity contribution in [3.05, 3.63) is 46.0 Å². The number of phosphoric ester groups is 3. The molecule has 0 bridgehead atoms. The fourth-order valence-electron chi connectivity index (χ4n) is 9.12. The van der Waals surface area contributed by atoms with Gasteiger partial charge < -0.3 is 89.7 Å². The minimum atomic E-state index is -6.45. The summed E-state index contributed by atoms with van der Waals surface area (Å²) in [6, 6.07) is 0. The molecule has 47 heteroatoms. The van der Waals surface area contributed by atoms with Crippen LogP contribution in [0.5, 0.6) is 0 Å². The van der Waals surface area contributed by atoms with E-state index in [1.807, 2.05) is 0 Å². The third-order valence-corrected chi connectivity index (χ3v) is 19.5. The maximum Gasteiger partial charge on any atom is 0.490 e. The van der Waals surface area contributed by atoms with Gasteiger partial charge >= 0.3 is 36.9 Å². The molecule has 9 heterocycles. The summed E-state index contributed by atoms with van der Waals surface area (Å²) < 4.78 is 131. The summed E-state index contributed by atoms with van der Waals surface area (Å²) >= 11 is 0. The predicted octanol–water partition coefficient (Wildman–Crippen LogP) is -3.93. The number of methoxy groups -OCH3 is 2. The second kappa shape index (κ2) is 23.5. The topological polar surface area (TPSA) is 601 Å². The monoisotopic (exact) mass is 1270 g/mol. The van der Waals surface area contributed by atoms with Gasteiger partial charge in [0.1, 0.15) is 54.6 Å². The third-order valence-electron chi connectivity index (χ3n) is 12.6. The van der Waals surface area contributed by atoms with Crippen molar-refractivity contribution in [2.24, 2.45) is 13.0 Å². The normalized spacial score (nSPS) is 29.7. The maximum absolute atomic E-state index is 13.6. The lowest BCUT2D eigenvalue weighted by molar-refractivity contribution is -0.646. The molecule has 3 aliphatic rings. The van der Waals surface area contributed by atoms with Crippen LogP contribution in [0, 0.1) is 5.92 Å². The molecule has 0 aliphatic carbocycles. The van der Waals surface area contributed by atoms with Crippen LogP contribution in [0.1, 0.15) is 25.1 Å². The van der Waals surface area contributed by atoms with Gasteiger partial charge in [-0.05, 0) is 6.42 Å². The molecular weight excluding hydrogens is 1220 g/mol. The minimum Gasteiger partial charge on any atom is -0.756 e. The number of aliphatic hydroxyl groups is 3. The Labute approximate surface area is 455 Å². The molecule has 15 N–H and O–H groups in total. The van der Waals surface area contributed by atoms with E-state index in [-0.39, 0.29) is 64.2 Å². The molecule has 0 aromatic carbocycles. The lowest BCUT2D eigenvalue weighted by Gasteiger charge is -2.31. The summed E-state index contributed by atoms with van der Waals surface area (Å²) in [4.78, 5) is 109. The van der Waals surface area contributed by atoms with E-state index in [4.69, 9.17) is 59.0 Å². The van der Waals surface area contributed by atoms with Gasteiger partial charge in [-0.1, -0.05) is 0 Å². The Balaban J connectivity index is 0.854. The highest BCUT2D eigenvalue weighted by atomic mass is 31.3. The van der Waals surface area contributed by atoms with Crippen molar-refractivity contribution in [3.63, 3.8) is 0 Å². The van der Waals surface area contributed by atoms with Crippen molar-refractivity contribution >= 4 is 90.3 Å². The number of imidazole rings is 3. The van der Waals surface area contributed by atoms with E-state index in [2.05, 4.69) is 52.8 Å². The molecule has 3 saturated heterocycles. The number of nitrogens with one attached hydrogen (secondary N) is 2. The van der Waals surface area contributed by atoms with Crippen molar-refractivity contribution < 1.29 is 122 Å². The first-order valence-corrected chi connectivity index (χ1v) is 30.7. The number of hydrogen-bond donors (Lipinski definition) is 12. The van der Waals surface area contributed by atoms with Crippen LogP contribution in [-0.2, 0) is 84.6 Å².